The van der Waals surface area contributed by atoms with Gasteiger partial charge in [-0.25, -0.2) is 0 Å². The van der Waals surface area contributed by atoms with Crippen LogP contribution in [0.5, 0.6) is 0 Å². The standard InChI is InChI=1S/C11H16O7/c1-5(12)16-8-7-4-15-10(11(14-3)18-7)9(8)17-6(2)13/h7-11H,4H2,1-3H3. The maximum atomic E-state index is 11.1. The molecule has 0 aromatic rings. The monoisotopic (exact) mass is 260 g/mol. The number of fused-ring (bicyclic) bond motifs is 3. The van der Waals surface area contributed by atoms with Crippen molar-refractivity contribution in [3.05, 3.63) is 0 Å². The molecule has 7 heteroatoms. The molecule has 5 atom stereocenters. The van der Waals surface area contributed by atoms with Crippen molar-refractivity contribution < 1.29 is 33.3 Å². The van der Waals surface area contributed by atoms with Crippen molar-refractivity contribution in [1.29, 1.82) is 0 Å². The van der Waals surface area contributed by atoms with Gasteiger partial charge in [0.1, 0.15) is 12.2 Å². The Morgan fingerprint density at radius 3 is 2.28 bits per heavy atom. The molecule has 3 aliphatic heterocycles. The van der Waals surface area contributed by atoms with E-state index in [1.54, 1.807) is 0 Å². The fourth-order valence-corrected chi connectivity index (χ4v) is 2.24. The van der Waals surface area contributed by atoms with Gasteiger partial charge in [-0.1, -0.05) is 0 Å². The summed E-state index contributed by atoms with van der Waals surface area (Å²) >= 11 is 0. The maximum absolute atomic E-state index is 11.1. The molecule has 0 aromatic carbocycles. The Balaban J connectivity index is 2.17. The van der Waals surface area contributed by atoms with Gasteiger partial charge in [0.25, 0.3) is 0 Å². The Bertz CT molecular complexity index is 342. The van der Waals surface area contributed by atoms with Gasteiger partial charge in [-0.05, 0) is 0 Å². The summed E-state index contributed by atoms with van der Waals surface area (Å²) in [6, 6.07) is 0. The number of carbonyl (C=O) groups is 2. The SMILES string of the molecule is COC1OC2COC1C(OC(C)=O)C2OC(C)=O. The largest absolute Gasteiger partial charge is 0.456 e. The zero-order valence-corrected chi connectivity index (χ0v) is 10.5. The first-order valence-corrected chi connectivity index (χ1v) is 5.67. The summed E-state index contributed by atoms with van der Waals surface area (Å²) in [7, 11) is 1.47. The summed E-state index contributed by atoms with van der Waals surface area (Å²) in [4.78, 5) is 22.2. The maximum Gasteiger partial charge on any atom is 0.303 e. The normalized spacial score (nSPS) is 38.3. The third kappa shape index (κ3) is 2.47. The minimum absolute atomic E-state index is 0.278. The van der Waals surface area contributed by atoms with Crippen LogP contribution >= 0.6 is 0 Å². The highest BCUT2D eigenvalue weighted by molar-refractivity contribution is 5.67. The molecule has 0 spiro atoms. The van der Waals surface area contributed by atoms with E-state index in [0.29, 0.717) is 0 Å². The summed E-state index contributed by atoms with van der Waals surface area (Å²) in [5.74, 6) is -0.926. The highest BCUT2D eigenvalue weighted by Crippen LogP contribution is 2.33. The molecule has 0 aliphatic carbocycles. The topological polar surface area (TPSA) is 80.3 Å². The lowest BCUT2D eigenvalue weighted by molar-refractivity contribution is -0.350. The first kappa shape index (κ1) is 13.3. The molecule has 2 bridgehead atoms. The van der Waals surface area contributed by atoms with Gasteiger partial charge in [0.15, 0.2) is 18.5 Å². The number of esters is 2. The van der Waals surface area contributed by atoms with Crippen LogP contribution in [0, 0.1) is 0 Å². The molecular formula is C11H16O7. The van der Waals surface area contributed by atoms with E-state index in [4.69, 9.17) is 23.7 Å². The van der Waals surface area contributed by atoms with Gasteiger partial charge in [-0.3, -0.25) is 9.59 Å². The average molecular weight is 260 g/mol. The zero-order chi connectivity index (χ0) is 13.3. The Hall–Kier alpha value is -1.18. The summed E-state index contributed by atoms with van der Waals surface area (Å²) in [5.41, 5.74) is 0. The lowest BCUT2D eigenvalue weighted by atomic mass is 9.95. The first-order chi connectivity index (χ1) is 8.52. The molecule has 3 rings (SSSR count). The number of ether oxygens (including phenoxy) is 5. The molecule has 3 fully saturated rings. The van der Waals surface area contributed by atoms with E-state index in [1.165, 1.54) is 21.0 Å². The second-order valence-corrected chi connectivity index (χ2v) is 4.22. The molecule has 3 saturated heterocycles. The molecule has 3 aliphatic rings. The van der Waals surface area contributed by atoms with Gasteiger partial charge in [0.2, 0.25) is 0 Å². The summed E-state index contributed by atoms with van der Waals surface area (Å²) in [6.07, 6.45) is -3.07. The van der Waals surface area contributed by atoms with E-state index in [1.807, 2.05) is 0 Å². The van der Waals surface area contributed by atoms with Crippen LogP contribution < -0.4 is 0 Å². The van der Waals surface area contributed by atoms with Crippen molar-refractivity contribution in [2.75, 3.05) is 13.7 Å². The molecule has 5 unspecified atom stereocenters. The van der Waals surface area contributed by atoms with Gasteiger partial charge in [-0.2, -0.15) is 0 Å². The number of hydrogen-bond donors (Lipinski definition) is 0. The van der Waals surface area contributed by atoms with Crippen molar-refractivity contribution >= 4 is 11.9 Å². The predicted octanol–water partition coefficient (Wildman–Crippen LogP) is -0.380. The van der Waals surface area contributed by atoms with E-state index in [9.17, 15) is 9.59 Å². The van der Waals surface area contributed by atoms with Gasteiger partial charge in [-0.15, -0.1) is 0 Å². The lowest BCUT2D eigenvalue weighted by Crippen LogP contribution is -2.67. The van der Waals surface area contributed by atoms with Crippen LogP contribution in [0.2, 0.25) is 0 Å². The van der Waals surface area contributed by atoms with Crippen LogP contribution in [-0.4, -0.2) is 56.4 Å². The van der Waals surface area contributed by atoms with Crippen molar-refractivity contribution in [2.24, 2.45) is 0 Å². The number of rotatable bonds is 3. The lowest BCUT2D eigenvalue weighted by Gasteiger charge is -2.49. The number of hydrogen-bond acceptors (Lipinski definition) is 7. The molecule has 18 heavy (non-hydrogen) atoms. The minimum Gasteiger partial charge on any atom is -0.456 e. The second kappa shape index (κ2) is 5.21. The van der Waals surface area contributed by atoms with Crippen LogP contribution in [0.3, 0.4) is 0 Å². The highest BCUT2D eigenvalue weighted by Gasteiger charge is 2.55. The molecule has 102 valence electrons. The van der Waals surface area contributed by atoms with Crippen LogP contribution in [-0.2, 0) is 33.3 Å². The second-order valence-electron chi connectivity index (χ2n) is 4.22. The van der Waals surface area contributed by atoms with Crippen LogP contribution in [0.25, 0.3) is 0 Å². The van der Waals surface area contributed by atoms with E-state index in [-0.39, 0.29) is 6.61 Å². The molecule has 0 amide bonds. The van der Waals surface area contributed by atoms with Crippen molar-refractivity contribution in [1.82, 2.24) is 0 Å². The predicted molar refractivity (Wildman–Crippen MR) is 56.5 cm³/mol. The van der Waals surface area contributed by atoms with Crippen molar-refractivity contribution in [3.63, 3.8) is 0 Å². The Kier molecular flexibility index (Phi) is 3.84. The third-order valence-electron chi connectivity index (χ3n) is 2.88. The zero-order valence-electron chi connectivity index (χ0n) is 10.5. The van der Waals surface area contributed by atoms with E-state index < -0.39 is 42.6 Å². The first-order valence-electron chi connectivity index (χ1n) is 5.67. The number of carbonyl (C=O) groups excluding carboxylic acids is 2. The fourth-order valence-electron chi connectivity index (χ4n) is 2.24. The molecule has 3 heterocycles. The molecule has 0 radical (unpaired) electrons. The molecule has 7 nitrogen and oxygen atoms in total. The third-order valence-corrected chi connectivity index (χ3v) is 2.88. The molecule has 0 N–H and O–H groups in total. The minimum atomic E-state index is -0.705. The van der Waals surface area contributed by atoms with Crippen LogP contribution in [0.1, 0.15) is 13.8 Å². The smallest absolute Gasteiger partial charge is 0.303 e. The van der Waals surface area contributed by atoms with Crippen LogP contribution in [0.4, 0.5) is 0 Å². The van der Waals surface area contributed by atoms with E-state index in [0.717, 1.165) is 0 Å². The molecule has 0 aromatic heterocycles. The summed E-state index contributed by atoms with van der Waals surface area (Å²) in [6.45, 7) is 2.86. The van der Waals surface area contributed by atoms with Gasteiger partial charge in [0, 0.05) is 21.0 Å². The van der Waals surface area contributed by atoms with E-state index >= 15 is 0 Å². The average Bonchev–Trinajstić information content (AvgIpc) is 2.31. The van der Waals surface area contributed by atoms with Gasteiger partial charge < -0.3 is 23.7 Å². The van der Waals surface area contributed by atoms with Crippen LogP contribution in [0.15, 0.2) is 0 Å². The molecular weight excluding hydrogens is 244 g/mol. The Labute approximate surface area is 104 Å². The van der Waals surface area contributed by atoms with E-state index in [2.05, 4.69) is 0 Å². The van der Waals surface area contributed by atoms with Gasteiger partial charge >= 0.3 is 11.9 Å². The van der Waals surface area contributed by atoms with Crippen molar-refractivity contribution in [3.8, 4) is 0 Å². The molecule has 0 saturated carbocycles. The highest BCUT2D eigenvalue weighted by atomic mass is 16.7. The van der Waals surface area contributed by atoms with Gasteiger partial charge in [0.05, 0.1) is 6.61 Å². The quantitative estimate of drug-likeness (QED) is 0.640. The Morgan fingerprint density at radius 1 is 1.11 bits per heavy atom. The number of methoxy groups -OCH3 is 1. The summed E-state index contributed by atoms with van der Waals surface area (Å²) < 4.78 is 26.5. The fraction of sp³-hybridized carbons (Fsp3) is 0.818. The summed E-state index contributed by atoms with van der Waals surface area (Å²) in [5, 5.41) is 0. The Morgan fingerprint density at radius 2 is 1.72 bits per heavy atom. The van der Waals surface area contributed by atoms with Crippen molar-refractivity contribution in [2.45, 2.75) is 44.6 Å².